The molecule has 0 radical (unpaired) electrons. The van der Waals surface area contributed by atoms with Gasteiger partial charge in [-0.1, -0.05) is 6.07 Å². The minimum absolute atomic E-state index is 0.00717. The van der Waals surface area contributed by atoms with Crippen LogP contribution in [0.2, 0.25) is 0 Å². The van der Waals surface area contributed by atoms with Crippen molar-refractivity contribution >= 4 is 5.97 Å². The van der Waals surface area contributed by atoms with Gasteiger partial charge in [0.05, 0.1) is 33.4 Å². The van der Waals surface area contributed by atoms with E-state index in [-0.39, 0.29) is 6.42 Å². The zero-order valence-corrected chi connectivity index (χ0v) is 12.7. The maximum atomic E-state index is 11.2. The standard InChI is InChI=1S/C15H23NO5/c1-4-21-15(18)8-12(17)10-16-9-11-5-6-13(19-2)14(7-11)20-3/h5-7,12,16-17H,4,8-10H2,1-3H3. The van der Waals surface area contributed by atoms with Crippen LogP contribution in [-0.2, 0) is 16.1 Å². The lowest BCUT2D eigenvalue weighted by molar-refractivity contribution is -0.145. The van der Waals surface area contributed by atoms with Crippen LogP contribution in [0.5, 0.6) is 11.5 Å². The lowest BCUT2D eigenvalue weighted by Crippen LogP contribution is -2.29. The second kappa shape index (κ2) is 9.20. The zero-order chi connectivity index (χ0) is 15.7. The summed E-state index contributed by atoms with van der Waals surface area (Å²) in [6, 6.07) is 5.60. The zero-order valence-electron chi connectivity index (χ0n) is 12.7. The Morgan fingerprint density at radius 1 is 1.29 bits per heavy atom. The number of hydrogen-bond donors (Lipinski definition) is 2. The van der Waals surface area contributed by atoms with Gasteiger partial charge in [0.15, 0.2) is 11.5 Å². The molecule has 1 rings (SSSR count). The van der Waals surface area contributed by atoms with Crippen LogP contribution in [0.1, 0.15) is 18.9 Å². The molecule has 0 bridgehead atoms. The summed E-state index contributed by atoms with van der Waals surface area (Å²) in [4.78, 5) is 11.2. The van der Waals surface area contributed by atoms with Crippen LogP contribution in [0.15, 0.2) is 18.2 Å². The van der Waals surface area contributed by atoms with Crippen LogP contribution < -0.4 is 14.8 Å². The fourth-order valence-corrected chi connectivity index (χ4v) is 1.86. The van der Waals surface area contributed by atoms with Gasteiger partial charge >= 0.3 is 5.97 Å². The Kier molecular flexibility index (Phi) is 7.56. The predicted octanol–water partition coefficient (Wildman–Crippen LogP) is 1.11. The van der Waals surface area contributed by atoms with E-state index < -0.39 is 12.1 Å². The van der Waals surface area contributed by atoms with Crippen molar-refractivity contribution in [1.82, 2.24) is 5.32 Å². The highest BCUT2D eigenvalue weighted by Crippen LogP contribution is 2.27. The van der Waals surface area contributed by atoms with Crippen LogP contribution in [-0.4, -0.2) is 44.6 Å². The fraction of sp³-hybridized carbons (Fsp3) is 0.533. The maximum absolute atomic E-state index is 11.2. The van der Waals surface area contributed by atoms with Crippen molar-refractivity contribution in [2.24, 2.45) is 0 Å². The first-order chi connectivity index (χ1) is 10.1. The number of carbonyl (C=O) groups is 1. The summed E-state index contributed by atoms with van der Waals surface area (Å²) in [6.07, 6.45) is -0.767. The molecule has 0 spiro atoms. The predicted molar refractivity (Wildman–Crippen MR) is 78.5 cm³/mol. The average molecular weight is 297 g/mol. The SMILES string of the molecule is CCOC(=O)CC(O)CNCc1ccc(OC)c(OC)c1. The van der Waals surface area contributed by atoms with Crippen LogP contribution in [0, 0.1) is 0 Å². The molecule has 6 nitrogen and oxygen atoms in total. The molecule has 0 saturated carbocycles. The van der Waals surface area contributed by atoms with Crippen molar-refractivity contribution in [2.75, 3.05) is 27.4 Å². The highest BCUT2D eigenvalue weighted by atomic mass is 16.5. The molecule has 1 unspecified atom stereocenters. The number of aliphatic hydroxyl groups is 1. The van der Waals surface area contributed by atoms with Gasteiger partial charge in [0.25, 0.3) is 0 Å². The van der Waals surface area contributed by atoms with Crippen molar-refractivity contribution in [2.45, 2.75) is 26.0 Å². The molecule has 6 heteroatoms. The average Bonchev–Trinajstić information content (AvgIpc) is 2.47. The number of hydrogen-bond acceptors (Lipinski definition) is 6. The van der Waals surface area contributed by atoms with E-state index in [2.05, 4.69) is 5.32 Å². The lowest BCUT2D eigenvalue weighted by atomic mass is 10.2. The minimum atomic E-state index is -0.760. The highest BCUT2D eigenvalue weighted by molar-refractivity contribution is 5.69. The molecule has 1 aromatic carbocycles. The van der Waals surface area contributed by atoms with Crippen molar-refractivity contribution in [1.29, 1.82) is 0 Å². The molecule has 0 aliphatic rings. The van der Waals surface area contributed by atoms with E-state index >= 15 is 0 Å². The molecule has 2 N–H and O–H groups in total. The topological polar surface area (TPSA) is 77.0 Å². The van der Waals surface area contributed by atoms with Crippen LogP contribution in [0.3, 0.4) is 0 Å². The van der Waals surface area contributed by atoms with Gasteiger partial charge in [0.2, 0.25) is 0 Å². The summed E-state index contributed by atoms with van der Waals surface area (Å²) >= 11 is 0. The Hall–Kier alpha value is -1.79. The number of nitrogens with one attached hydrogen (secondary N) is 1. The summed E-state index contributed by atoms with van der Waals surface area (Å²) in [5.41, 5.74) is 0.996. The van der Waals surface area contributed by atoms with Crippen molar-refractivity contribution in [3.05, 3.63) is 23.8 Å². The van der Waals surface area contributed by atoms with Gasteiger partial charge in [-0.05, 0) is 24.6 Å². The van der Waals surface area contributed by atoms with Gasteiger partial charge in [0, 0.05) is 13.1 Å². The Labute approximate surface area is 125 Å². The number of rotatable bonds is 9. The summed E-state index contributed by atoms with van der Waals surface area (Å²) in [7, 11) is 3.17. The van der Waals surface area contributed by atoms with Gasteiger partial charge in [-0.3, -0.25) is 4.79 Å². The molecule has 0 aliphatic heterocycles. The molecular formula is C15H23NO5. The molecule has 118 valence electrons. The number of methoxy groups -OCH3 is 2. The second-order valence-corrected chi connectivity index (χ2v) is 4.48. The quantitative estimate of drug-likeness (QED) is 0.665. The largest absolute Gasteiger partial charge is 0.493 e. The van der Waals surface area contributed by atoms with Crippen LogP contribution in [0.25, 0.3) is 0 Å². The van der Waals surface area contributed by atoms with E-state index in [1.54, 1.807) is 21.1 Å². The monoisotopic (exact) mass is 297 g/mol. The third kappa shape index (κ3) is 6.01. The third-order valence-corrected chi connectivity index (χ3v) is 2.86. The number of aliphatic hydroxyl groups excluding tert-OH is 1. The lowest BCUT2D eigenvalue weighted by Gasteiger charge is -2.12. The molecular weight excluding hydrogens is 274 g/mol. The van der Waals surface area contributed by atoms with Crippen LogP contribution >= 0.6 is 0 Å². The molecule has 21 heavy (non-hydrogen) atoms. The van der Waals surface area contributed by atoms with E-state index in [1.807, 2.05) is 18.2 Å². The van der Waals surface area contributed by atoms with Gasteiger partial charge in [-0.25, -0.2) is 0 Å². The Morgan fingerprint density at radius 2 is 2.00 bits per heavy atom. The summed E-state index contributed by atoms with van der Waals surface area (Å²) in [5.74, 6) is 0.936. The summed E-state index contributed by atoms with van der Waals surface area (Å²) < 4.78 is 15.2. The normalized spacial score (nSPS) is 11.8. The number of ether oxygens (including phenoxy) is 3. The molecule has 0 aliphatic carbocycles. The van der Waals surface area contributed by atoms with Gasteiger partial charge in [0.1, 0.15) is 0 Å². The van der Waals surface area contributed by atoms with Crippen molar-refractivity contribution in [3.63, 3.8) is 0 Å². The Bertz CT molecular complexity index is 450. The van der Waals surface area contributed by atoms with Crippen LogP contribution in [0.4, 0.5) is 0 Å². The first kappa shape index (κ1) is 17.3. The summed E-state index contributed by atoms with van der Waals surface area (Å²) in [5, 5.41) is 12.8. The molecule has 0 aromatic heterocycles. The van der Waals surface area contributed by atoms with E-state index in [9.17, 15) is 9.90 Å². The number of esters is 1. The molecule has 1 aromatic rings. The fourth-order valence-electron chi connectivity index (χ4n) is 1.86. The third-order valence-electron chi connectivity index (χ3n) is 2.86. The first-order valence-corrected chi connectivity index (χ1v) is 6.86. The number of carbonyl (C=O) groups excluding carboxylic acids is 1. The van der Waals surface area contributed by atoms with E-state index in [0.717, 1.165) is 5.56 Å². The Balaban J connectivity index is 2.40. The smallest absolute Gasteiger partial charge is 0.308 e. The Morgan fingerprint density at radius 3 is 2.62 bits per heavy atom. The van der Waals surface area contributed by atoms with Crippen molar-refractivity contribution in [3.8, 4) is 11.5 Å². The summed E-state index contributed by atoms with van der Waals surface area (Å²) in [6.45, 7) is 2.93. The molecule has 0 amide bonds. The first-order valence-electron chi connectivity index (χ1n) is 6.86. The maximum Gasteiger partial charge on any atom is 0.308 e. The molecule has 0 fully saturated rings. The van der Waals surface area contributed by atoms with Gasteiger partial charge in [-0.2, -0.15) is 0 Å². The number of benzene rings is 1. The van der Waals surface area contributed by atoms with Crippen molar-refractivity contribution < 1.29 is 24.1 Å². The van der Waals surface area contributed by atoms with E-state index in [1.165, 1.54) is 0 Å². The highest BCUT2D eigenvalue weighted by Gasteiger charge is 2.11. The minimum Gasteiger partial charge on any atom is -0.493 e. The van der Waals surface area contributed by atoms with Gasteiger partial charge in [-0.15, -0.1) is 0 Å². The second-order valence-electron chi connectivity index (χ2n) is 4.48. The molecule has 0 heterocycles. The molecule has 0 saturated heterocycles. The van der Waals surface area contributed by atoms with E-state index in [4.69, 9.17) is 14.2 Å². The molecule has 1 atom stereocenters. The van der Waals surface area contributed by atoms with Gasteiger partial charge < -0.3 is 24.6 Å². The van der Waals surface area contributed by atoms with E-state index in [0.29, 0.717) is 31.2 Å².